The van der Waals surface area contributed by atoms with Crippen LogP contribution in [0, 0.1) is 0 Å². The zero-order valence-electron chi connectivity index (χ0n) is 8.88. The van der Waals surface area contributed by atoms with E-state index in [1.54, 1.807) is 0 Å². The van der Waals surface area contributed by atoms with E-state index in [2.05, 4.69) is 0 Å². The largest absolute Gasteiger partial charge is 0.480 e. The molecule has 0 unspecified atom stereocenters. The van der Waals surface area contributed by atoms with Gasteiger partial charge in [0.2, 0.25) is 0 Å². The number of hydrogen-bond donors (Lipinski definition) is 1. The molecule has 6 heteroatoms. The fourth-order valence-electron chi connectivity index (χ4n) is 1.19. The van der Waals surface area contributed by atoms with Gasteiger partial charge in [0.05, 0.1) is 18.4 Å². The average molecular weight is 227 g/mol. The van der Waals surface area contributed by atoms with E-state index in [1.807, 2.05) is 0 Å². The van der Waals surface area contributed by atoms with Crippen molar-refractivity contribution in [3.63, 3.8) is 0 Å². The maximum atomic E-state index is 11.8. The van der Waals surface area contributed by atoms with Crippen LogP contribution in [0.4, 0.5) is 0 Å². The third kappa shape index (κ3) is 3.39. The standard InChI is InChI=1S/C10H13NO5/c1-15-5-3-11(6-9(12)13)10(14)8-2-4-16-7-8/h2,4,7H,3,5-6H2,1H3,(H,12,13). The van der Waals surface area contributed by atoms with Crippen molar-refractivity contribution in [2.24, 2.45) is 0 Å². The lowest BCUT2D eigenvalue weighted by Crippen LogP contribution is -2.37. The molecule has 0 bridgehead atoms. The Hall–Kier alpha value is -1.82. The summed E-state index contributed by atoms with van der Waals surface area (Å²) in [7, 11) is 1.49. The molecule has 0 aliphatic carbocycles. The second-order valence-electron chi connectivity index (χ2n) is 3.13. The molecule has 0 saturated carbocycles. The Morgan fingerprint density at radius 1 is 1.56 bits per heavy atom. The van der Waals surface area contributed by atoms with Gasteiger partial charge in [0.25, 0.3) is 5.91 Å². The molecule has 0 spiro atoms. The molecule has 0 aromatic carbocycles. The van der Waals surface area contributed by atoms with Gasteiger partial charge >= 0.3 is 5.97 Å². The van der Waals surface area contributed by atoms with Crippen LogP contribution in [-0.4, -0.2) is 48.7 Å². The van der Waals surface area contributed by atoms with Gasteiger partial charge in [0.15, 0.2) is 0 Å². The predicted molar refractivity (Wildman–Crippen MR) is 54.1 cm³/mol. The van der Waals surface area contributed by atoms with Crippen molar-refractivity contribution >= 4 is 11.9 Å². The number of carbonyl (C=O) groups is 2. The molecular formula is C10H13NO5. The molecule has 0 aliphatic rings. The van der Waals surface area contributed by atoms with Gasteiger partial charge in [-0.15, -0.1) is 0 Å². The number of carbonyl (C=O) groups excluding carboxylic acids is 1. The van der Waals surface area contributed by atoms with E-state index in [9.17, 15) is 9.59 Å². The fourth-order valence-corrected chi connectivity index (χ4v) is 1.19. The molecule has 1 amide bonds. The molecule has 16 heavy (non-hydrogen) atoms. The first-order valence-corrected chi connectivity index (χ1v) is 4.67. The highest BCUT2D eigenvalue weighted by atomic mass is 16.5. The number of methoxy groups -OCH3 is 1. The summed E-state index contributed by atoms with van der Waals surface area (Å²) in [5, 5.41) is 8.67. The smallest absolute Gasteiger partial charge is 0.323 e. The van der Waals surface area contributed by atoms with Crippen LogP contribution in [0.2, 0.25) is 0 Å². The third-order valence-corrected chi connectivity index (χ3v) is 1.95. The van der Waals surface area contributed by atoms with E-state index in [0.717, 1.165) is 0 Å². The molecule has 1 rings (SSSR count). The minimum atomic E-state index is -1.06. The van der Waals surface area contributed by atoms with Gasteiger partial charge in [-0.3, -0.25) is 9.59 Å². The molecule has 6 nitrogen and oxygen atoms in total. The molecule has 1 aromatic heterocycles. The van der Waals surface area contributed by atoms with E-state index < -0.39 is 5.97 Å². The topological polar surface area (TPSA) is 80.0 Å². The summed E-state index contributed by atoms with van der Waals surface area (Å²) in [6, 6.07) is 1.49. The monoisotopic (exact) mass is 227 g/mol. The SMILES string of the molecule is COCCN(CC(=O)O)C(=O)c1ccoc1. The van der Waals surface area contributed by atoms with Crippen LogP contribution >= 0.6 is 0 Å². The van der Waals surface area contributed by atoms with Gasteiger partial charge in [0, 0.05) is 13.7 Å². The molecule has 0 saturated heterocycles. The summed E-state index contributed by atoms with van der Waals surface area (Å²) in [5.41, 5.74) is 0.331. The van der Waals surface area contributed by atoms with Crippen LogP contribution in [0.3, 0.4) is 0 Å². The van der Waals surface area contributed by atoms with Crippen molar-refractivity contribution in [2.45, 2.75) is 0 Å². The number of hydrogen-bond acceptors (Lipinski definition) is 4. The van der Waals surface area contributed by atoms with E-state index >= 15 is 0 Å². The number of ether oxygens (including phenoxy) is 1. The summed E-state index contributed by atoms with van der Waals surface area (Å²) in [5.74, 6) is -1.44. The maximum absolute atomic E-state index is 11.8. The molecule has 88 valence electrons. The Labute approximate surface area is 92.4 Å². The second-order valence-corrected chi connectivity index (χ2v) is 3.13. The maximum Gasteiger partial charge on any atom is 0.323 e. The van der Waals surface area contributed by atoms with Gasteiger partial charge < -0.3 is 19.2 Å². The molecule has 0 aliphatic heterocycles. The zero-order chi connectivity index (χ0) is 12.0. The molecule has 1 heterocycles. The Kier molecular flexibility index (Phi) is 4.53. The number of carboxylic acids is 1. The summed E-state index contributed by atoms with van der Waals surface area (Å²) in [6.45, 7) is 0.164. The summed E-state index contributed by atoms with van der Waals surface area (Å²) < 4.78 is 9.58. The molecular weight excluding hydrogens is 214 g/mol. The first-order chi connectivity index (χ1) is 7.65. The summed E-state index contributed by atoms with van der Waals surface area (Å²) >= 11 is 0. The zero-order valence-corrected chi connectivity index (χ0v) is 8.88. The molecule has 0 atom stereocenters. The van der Waals surface area contributed by atoms with E-state index in [-0.39, 0.29) is 25.6 Å². The first-order valence-electron chi connectivity index (χ1n) is 4.67. The summed E-state index contributed by atoms with van der Waals surface area (Å²) in [4.78, 5) is 23.6. The van der Waals surface area contributed by atoms with Gasteiger partial charge in [-0.1, -0.05) is 0 Å². The molecule has 1 aromatic rings. The predicted octanol–water partition coefficient (Wildman–Crippen LogP) is 0.453. The highest BCUT2D eigenvalue weighted by molar-refractivity contribution is 5.95. The van der Waals surface area contributed by atoms with Crippen LogP contribution in [0.15, 0.2) is 23.0 Å². The molecule has 1 N–H and O–H groups in total. The molecule has 0 fully saturated rings. The van der Waals surface area contributed by atoms with Gasteiger partial charge in [0.1, 0.15) is 12.8 Å². The number of furan rings is 1. The highest BCUT2D eigenvalue weighted by Gasteiger charge is 2.18. The second kappa shape index (κ2) is 5.92. The van der Waals surface area contributed by atoms with Crippen molar-refractivity contribution in [1.29, 1.82) is 0 Å². The quantitative estimate of drug-likeness (QED) is 0.763. The van der Waals surface area contributed by atoms with Crippen molar-refractivity contribution < 1.29 is 23.8 Å². The lowest BCUT2D eigenvalue weighted by atomic mass is 10.3. The lowest BCUT2D eigenvalue weighted by Gasteiger charge is -2.19. The van der Waals surface area contributed by atoms with Crippen LogP contribution < -0.4 is 0 Å². The summed E-state index contributed by atoms with van der Waals surface area (Å²) in [6.07, 6.45) is 2.65. The minimum absolute atomic E-state index is 0.229. The van der Waals surface area contributed by atoms with Crippen LogP contribution in [0.5, 0.6) is 0 Å². The first kappa shape index (κ1) is 12.3. The van der Waals surface area contributed by atoms with E-state index in [4.69, 9.17) is 14.3 Å². The fraction of sp³-hybridized carbons (Fsp3) is 0.400. The van der Waals surface area contributed by atoms with Gasteiger partial charge in [-0.2, -0.15) is 0 Å². The number of nitrogens with zero attached hydrogens (tertiary/aromatic N) is 1. The minimum Gasteiger partial charge on any atom is -0.480 e. The number of aliphatic carboxylic acids is 1. The van der Waals surface area contributed by atoms with Crippen molar-refractivity contribution in [2.75, 3.05) is 26.8 Å². The van der Waals surface area contributed by atoms with Crippen molar-refractivity contribution in [1.82, 2.24) is 4.90 Å². The van der Waals surface area contributed by atoms with Crippen LogP contribution in [-0.2, 0) is 9.53 Å². The third-order valence-electron chi connectivity index (χ3n) is 1.95. The van der Waals surface area contributed by atoms with Gasteiger partial charge in [-0.05, 0) is 6.07 Å². The van der Waals surface area contributed by atoms with Crippen molar-refractivity contribution in [3.05, 3.63) is 24.2 Å². The molecule has 0 radical (unpaired) electrons. The van der Waals surface area contributed by atoms with Gasteiger partial charge in [-0.25, -0.2) is 0 Å². The Bertz CT molecular complexity index is 346. The van der Waals surface area contributed by atoms with Crippen molar-refractivity contribution in [3.8, 4) is 0 Å². The Balaban J connectivity index is 2.67. The normalized spacial score (nSPS) is 10.1. The number of amides is 1. The lowest BCUT2D eigenvalue weighted by molar-refractivity contribution is -0.137. The van der Waals surface area contributed by atoms with Crippen LogP contribution in [0.25, 0.3) is 0 Å². The van der Waals surface area contributed by atoms with Crippen LogP contribution in [0.1, 0.15) is 10.4 Å². The Morgan fingerprint density at radius 3 is 2.81 bits per heavy atom. The average Bonchev–Trinajstić information content (AvgIpc) is 2.76. The number of rotatable bonds is 6. The highest BCUT2D eigenvalue weighted by Crippen LogP contribution is 2.05. The van der Waals surface area contributed by atoms with E-state index in [1.165, 1.54) is 30.6 Å². The van der Waals surface area contributed by atoms with E-state index in [0.29, 0.717) is 5.56 Å². The Morgan fingerprint density at radius 2 is 2.31 bits per heavy atom. The number of carboxylic acid groups (broad SMARTS) is 1.